The van der Waals surface area contributed by atoms with Gasteiger partial charge in [0, 0.05) is 27.6 Å². The second-order valence-electron chi connectivity index (χ2n) is 8.69. The molecule has 1 atom stereocenters. The van der Waals surface area contributed by atoms with E-state index in [1.54, 1.807) is 38.4 Å². The van der Waals surface area contributed by atoms with Crippen LogP contribution >= 0.6 is 0 Å². The quantitative estimate of drug-likeness (QED) is 0.307. The summed E-state index contributed by atoms with van der Waals surface area (Å²) in [5, 5.41) is 19.4. The molecule has 38 heavy (non-hydrogen) atoms. The van der Waals surface area contributed by atoms with Crippen LogP contribution in [0.15, 0.2) is 47.9 Å². The van der Waals surface area contributed by atoms with Crippen LogP contribution in [0.2, 0.25) is 0 Å². The predicted octanol–water partition coefficient (Wildman–Crippen LogP) is 2.54. The maximum Gasteiger partial charge on any atom is 0.414 e. The number of unbranched alkanes of at least 4 members (excludes halogenated alkanes) is 1. The number of aromatic amines is 1. The van der Waals surface area contributed by atoms with Crippen molar-refractivity contribution >= 4 is 33.6 Å². The molecule has 0 aliphatic rings. The first-order valence-electron chi connectivity index (χ1n) is 11.8. The van der Waals surface area contributed by atoms with Crippen molar-refractivity contribution in [2.24, 2.45) is 0 Å². The smallest absolute Gasteiger partial charge is 0.414 e. The number of benzene rings is 1. The van der Waals surface area contributed by atoms with Crippen LogP contribution in [0, 0.1) is 0 Å². The molecule has 3 aromatic rings. The van der Waals surface area contributed by atoms with Gasteiger partial charge in [-0.05, 0) is 30.5 Å². The number of nitrogens with zero attached hydrogens (tertiary/aromatic N) is 5. The zero-order valence-corrected chi connectivity index (χ0v) is 22.4. The average molecular weight is 546 g/mol. The Morgan fingerprint density at radius 2 is 1.87 bits per heavy atom. The first kappa shape index (κ1) is 28.4. The van der Waals surface area contributed by atoms with E-state index in [-0.39, 0.29) is 22.8 Å². The molecule has 0 aliphatic carbocycles. The minimum absolute atomic E-state index is 0.0353. The standard InChI is InChI=1S/C24H31N7O6S/c1-5-6-7-18-21(14-27-29-18)38(35,36)31(4)20-13-25-15-26-22(20)28-19(23(32)33)12-16-8-10-17(11-9-16)37-24(34)30(2)3/h8-11,13-15,19H,5-7,12H2,1-4H3,(H,27,29)(H,32,33)(H,25,26,28)/t19-/m0/s1. The fraction of sp³-hybridized carbons (Fsp3) is 0.375. The van der Waals surface area contributed by atoms with Crippen molar-refractivity contribution < 1.29 is 27.9 Å². The molecular formula is C24H31N7O6S. The molecule has 0 saturated heterocycles. The second-order valence-corrected chi connectivity index (χ2v) is 10.6. The predicted molar refractivity (Wildman–Crippen MR) is 140 cm³/mol. The Morgan fingerprint density at radius 3 is 2.50 bits per heavy atom. The number of aromatic nitrogens is 4. The Morgan fingerprint density at radius 1 is 1.16 bits per heavy atom. The lowest BCUT2D eigenvalue weighted by molar-refractivity contribution is -0.137. The molecule has 0 fully saturated rings. The van der Waals surface area contributed by atoms with Crippen LogP contribution < -0.4 is 14.4 Å². The molecule has 14 heteroatoms. The fourth-order valence-corrected chi connectivity index (χ4v) is 4.82. The maximum absolute atomic E-state index is 13.4. The molecule has 204 valence electrons. The van der Waals surface area contributed by atoms with Crippen molar-refractivity contribution in [1.29, 1.82) is 0 Å². The molecule has 3 N–H and O–H groups in total. The summed E-state index contributed by atoms with van der Waals surface area (Å²) in [6.07, 6.45) is 5.45. The van der Waals surface area contributed by atoms with Crippen LogP contribution in [0.5, 0.6) is 5.75 Å². The van der Waals surface area contributed by atoms with Crippen LogP contribution in [0.4, 0.5) is 16.3 Å². The van der Waals surface area contributed by atoms with Gasteiger partial charge in [0.1, 0.15) is 28.7 Å². The summed E-state index contributed by atoms with van der Waals surface area (Å²) in [6.45, 7) is 2.00. The van der Waals surface area contributed by atoms with Crippen molar-refractivity contribution in [3.05, 3.63) is 54.2 Å². The number of aryl methyl sites for hydroxylation is 1. The summed E-state index contributed by atoms with van der Waals surface area (Å²) in [6, 6.07) is 5.26. The summed E-state index contributed by atoms with van der Waals surface area (Å²) in [7, 11) is 0.426. The van der Waals surface area contributed by atoms with Gasteiger partial charge in [-0.3, -0.25) is 9.40 Å². The Balaban J connectivity index is 1.81. The Labute approximate surface area is 220 Å². The highest BCUT2D eigenvalue weighted by Crippen LogP contribution is 2.29. The molecular weight excluding hydrogens is 514 g/mol. The molecule has 0 spiro atoms. The summed E-state index contributed by atoms with van der Waals surface area (Å²) in [5.74, 6) is -0.816. The lowest BCUT2D eigenvalue weighted by atomic mass is 10.1. The average Bonchev–Trinajstić information content (AvgIpc) is 3.37. The van der Waals surface area contributed by atoms with Gasteiger partial charge < -0.3 is 20.1 Å². The number of ether oxygens (including phenoxy) is 1. The number of rotatable bonds is 12. The van der Waals surface area contributed by atoms with Gasteiger partial charge in [0.05, 0.1) is 18.1 Å². The molecule has 0 saturated carbocycles. The molecule has 1 aromatic carbocycles. The highest BCUT2D eigenvalue weighted by atomic mass is 32.2. The van der Waals surface area contributed by atoms with Gasteiger partial charge >= 0.3 is 12.1 Å². The van der Waals surface area contributed by atoms with Crippen LogP contribution in [-0.2, 0) is 27.7 Å². The number of sulfonamides is 1. The number of carboxylic acid groups (broad SMARTS) is 1. The number of nitrogens with one attached hydrogen (secondary N) is 2. The fourth-order valence-electron chi connectivity index (χ4n) is 3.48. The van der Waals surface area contributed by atoms with Gasteiger partial charge in [-0.2, -0.15) is 5.10 Å². The SMILES string of the molecule is CCCCc1[nH]ncc1S(=O)(=O)N(C)c1cncnc1N[C@@H](Cc1ccc(OC(=O)N(C)C)cc1)C(=O)O. The van der Waals surface area contributed by atoms with E-state index in [4.69, 9.17) is 4.74 Å². The summed E-state index contributed by atoms with van der Waals surface area (Å²) < 4.78 is 33.0. The van der Waals surface area contributed by atoms with E-state index in [2.05, 4.69) is 25.5 Å². The molecule has 0 unspecified atom stereocenters. The minimum Gasteiger partial charge on any atom is -0.480 e. The third kappa shape index (κ3) is 6.76. The van der Waals surface area contributed by atoms with Crippen molar-refractivity contribution in [3.8, 4) is 5.75 Å². The zero-order chi connectivity index (χ0) is 27.9. The molecule has 2 aromatic heterocycles. The number of carbonyl (C=O) groups excluding carboxylic acids is 1. The number of amides is 1. The van der Waals surface area contributed by atoms with Gasteiger partial charge in [-0.25, -0.2) is 28.0 Å². The number of hydrogen-bond donors (Lipinski definition) is 3. The number of H-pyrrole nitrogens is 1. The lowest BCUT2D eigenvalue weighted by Gasteiger charge is -2.23. The largest absolute Gasteiger partial charge is 0.480 e. The molecule has 0 bridgehead atoms. The highest BCUT2D eigenvalue weighted by Gasteiger charge is 2.29. The zero-order valence-electron chi connectivity index (χ0n) is 21.6. The van der Waals surface area contributed by atoms with E-state index in [1.807, 2.05) is 6.92 Å². The number of aliphatic carboxylic acids is 1. The topological polar surface area (TPSA) is 171 Å². The third-order valence-corrected chi connectivity index (χ3v) is 7.50. The van der Waals surface area contributed by atoms with Gasteiger partial charge in [-0.15, -0.1) is 0 Å². The van der Waals surface area contributed by atoms with Gasteiger partial charge in [-0.1, -0.05) is 25.5 Å². The lowest BCUT2D eigenvalue weighted by Crippen LogP contribution is -2.34. The van der Waals surface area contributed by atoms with Crippen LogP contribution in [0.25, 0.3) is 0 Å². The van der Waals surface area contributed by atoms with E-state index in [0.717, 1.165) is 17.1 Å². The highest BCUT2D eigenvalue weighted by molar-refractivity contribution is 7.92. The first-order valence-corrected chi connectivity index (χ1v) is 13.3. The maximum atomic E-state index is 13.4. The van der Waals surface area contributed by atoms with Crippen LogP contribution in [0.3, 0.4) is 0 Å². The summed E-state index contributed by atoms with van der Waals surface area (Å²) >= 11 is 0. The number of carboxylic acids is 1. The number of hydrogen-bond acceptors (Lipinski definition) is 9. The van der Waals surface area contributed by atoms with Crippen LogP contribution in [-0.4, -0.2) is 77.8 Å². The van der Waals surface area contributed by atoms with Gasteiger partial charge in [0.2, 0.25) is 0 Å². The Bertz CT molecular complexity index is 1360. The molecule has 13 nitrogen and oxygen atoms in total. The Hall–Kier alpha value is -4.20. The normalized spacial score (nSPS) is 12.0. The minimum atomic E-state index is -4.04. The summed E-state index contributed by atoms with van der Waals surface area (Å²) in [5.41, 5.74) is 1.21. The van der Waals surface area contributed by atoms with Crippen molar-refractivity contribution in [2.75, 3.05) is 30.8 Å². The van der Waals surface area contributed by atoms with E-state index in [9.17, 15) is 23.1 Å². The first-order chi connectivity index (χ1) is 18.0. The summed E-state index contributed by atoms with van der Waals surface area (Å²) in [4.78, 5) is 33.2. The van der Waals surface area contributed by atoms with Crippen LogP contribution in [0.1, 0.15) is 31.0 Å². The second kappa shape index (κ2) is 12.4. The van der Waals surface area contributed by atoms with Gasteiger partial charge in [0.25, 0.3) is 10.0 Å². The third-order valence-electron chi connectivity index (χ3n) is 5.67. The molecule has 2 heterocycles. The van der Waals surface area contributed by atoms with E-state index in [1.165, 1.54) is 30.7 Å². The van der Waals surface area contributed by atoms with E-state index in [0.29, 0.717) is 23.4 Å². The van der Waals surface area contributed by atoms with E-state index >= 15 is 0 Å². The molecule has 0 radical (unpaired) electrons. The van der Waals surface area contributed by atoms with Gasteiger partial charge in [0.15, 0.2) is 5.82 Å². The molecule has 1 amide bonds. The Kier molecular flexibility index (Phi) is 9.23. The van der Waals surface area contributed by atoms with E-state index < -0.39 is 28.1 Å². The number of carbonyl (C=O) groups is 2. The molecule has 0 aliphatic heterocycles. The van der Waals surface area contributed by atoms with Crippen molar-refractivity contribution in [3.63, 3.8) is 0 Å². The number of anilines is 2. The van der Waals surface area contributed by atoms with Crippen molar-refractivity contribution in [2.45, 2.75) is 43.5 Å². The molecule has 3 rings (SSSR count). The monoisotopic (exact) mass is 545 g/mol. The van der Waals surface area contributed by atoms with Crippen molar-refractivity contribution in [1.82, 2.24) is 25.1 Å².